The lowest BCUT2D eigenvalue weighted by Crippen LogP contribution is -2.30. The van der Waals surface area contributed by atoms with Gasteiger partial charge in [-0.15, -0.1) is 0 Å². The van der Waals surface area contributed by atoms with Crippen molar-refractivity contribution in [3.63, 3.8) is 0 Å². The fourth-order valence-corrected chi connectivity index (χ4v) is 3.74. The fourth-order valence-electron chi connectivity index (χ4n) is 3.74. The van der Waals surface area contributed by atoms with E-state index in [9.17, 15) is 9.59 Å². The standard InChI is InChI=1S/C23H19N3O4/c27-22(17-9-11-19-21(24-17)26-23(28)30-19)25-20(14-5-2-1-3-6-14)16-8-10-18-15(13-16)7-4-12-29-18/h1-3,5-6,8-11,13,20H,4,7,12H2,(H,25,27)(H,24,26,28). The van der Waals surface area contributed by atoms with E-state index in [-0.39, 0.29) is 23.3 Å². The molecule has 1 aliphatic rings. The summed E-state index contributed by atoms with van der Waals surface area (Å²) >= 11 is 0. The van der Waals surface area contributed by atoms with E-state index >= 15 is 0 Å². The number of rotatable bonds is 4. The average molecular weight is 401 g/mol. The van der Waals surface area contributed by atoms with Gasteiger partial charge in [0.25, 0.3) is 5.91 Å². The number of ether oxygens (including phenoxy) is 1. The highest BCUT2D eigenvalue weighted by Crippen LogP contribution is 2.30. The molecule has 7 heteroatoms. The van der Waals surface area contributed by atoms with Crippen LogP contribution in [-0.4, -0.2) is 22.5 Å². The molecule has 7 nitrogen and oxygen atoms in total. The Balaban J connectivity index is 1.50. The maximum absolute atomic E-state index is 13.0. The Morgan fingerprint density at radius 3 is 2.80 bits per heavy atom. The number of carbonyl (C=O) groups excluding carboxylic acids is 1. The Morgan fingerprint density at radius 1 is 1.07 bits per heavy atom. The Labute approximate surface area is 171 Å². The lowest BCUT2D eigenvalue weighted by molar-refractivity contribution is 0.0938. The number of carbonyl (C=O) groups is 1. The number of hydrogen-bond donors (Lipinski definition) is 2. The minimum absolute atomic E-state index is 0.196. The van der Waals surface area contributed by atoms with E-state index in [2.05, 4.69) is 21.4 Å². The second-order valence-electron chi connectivity index (χ2n) is 7.19. The van der Waals surface area contributed by atoms with Gasteiger partial charge in [-0.3, -0.25) is 9.78 Å². The number of amides is 1. The van der Waals surface area contributed by atoms with E-state index in [0.29, 0.717) is 5.58 Å². The van der Waals surface area contributed by atoms with Crippen LogP contribution in [0.5, 0.6) is 5.75 Å². The van der Waals surface area contributed by atoms with E-state index in [0.717, 1.165) is 41.9 Å². The molecule has 30 heavy (non-hydrogen) atoms. The van der Waals surface area contributed by atoms with Crippen molar-refractivity contribution in [3.05, 3.63) is 93.6 Å². The fraction of sp³-hybridized carbons (Fsp3) is 0.174. The maximum atomic E-state index is 13.0. The van der Waals surface area contributed by atoms with Crippen molar-refractivity contribution >= 4 is 17.1 Å². The first-order valence-corrected chi connectivity index (χ1v) is 9.79. The molecule has 0 saturated carbocycles. The van der Waals surface area contributed by atoms with Gasteiger partial charge in [-0.05, 0) is 53.8 Å². The molecule has 2 N–H and O–H groups in total. The van der Waals surface area contributed by atoms with Gasteiger partial charge in [-0.2, -0.15) is 0 Å². The van der Waals surface area contributed by atoms with Crippen molar-refractivity contribution in [2.75, 3.05) is 6.61 Å². The third kappa shape index (κ3) is 3.45. The molecule has 0 aliphatic carbocycles. The van der Waals surface area contributed by atoms with Gasteiger partial charge in [0.15, 0.2) is 11.2 Å². The van der Waals surface area contributed by atoms with Crippen LogP contribution in [0.15, 0.2) is 69.9 Å². The van der Waals surface area contributed by atoms with Crippen LogP contribution < -0.4 is 15.8 Å². The van der Waals surface area contributed by atoms with E-state index < -0.39 is 5.76 Å². The zero-order valence-electron chi connectivity index (χ0n) is 16.1. The van der Waals surface area contributed by atoms with Gasteiger partial charge in [-0.1, -0.05) is 36.4 Å². The molecule has 0 spiro atoms. The zero-order chi connectivity index (χ0) is 20.5. The van der Waals surface area contributed by atoms with Gasteiger partial charge >= 0.3 is 5.76 Å². The first-order chi connectivity index (χ1) is 14.7. The van der Waals surface area contributed by atoms with Crippen LogP contribution in [-0.2, 0) is 6.42 Å². The van der Waals surface area contributed by atoms with Gasteiger partial charge in [0.1, 0.15) is 11.4 Å². The number of hydrogen-bond acceptors (Lipinski definition) is 5. The molecule has 1 unspecified atom stereocenters. The molecule has 1 amide bonds. The lowest BCUT2D eigenvalue weighted by Gasteiger charge is -2.23. The van der Waals surface area contributed by atoms with E-state index in [1.807, 2.05) is 42.5 Å². The van der Waals surface area contributed by atoms with Gasteiger partial charge in [0.2, 0.25) is 0 Å². The molecule has 3 heterocycles. The van der Waals surface area contributed by atoms with Crippen LogP contribution in [0.25, 0.3) is 11.2 Å². The van der Waals surface area contributed by atoms with Crippen molar-refractivity contribution in [2.45, 2.75) is 18.9 Å². The summed E-state index contributed by atoms with van der Waals surface area (Å²) in [6.07, 6.45) is 1.93. The summed E-state index contributed by atoms with van der Waals surface area (Å²) in [6, 6.07) is 18.6. The molecule has 0 saturated heterocycles. The molecule has 0 bridgehead atoms. The van der Waals surface area contributed by atoms with Gasteiger partial charge < -0.3 is 14.5 Å². The van der Waals surface area contributed by atoms with Crippen molar-refractivity contribution in [1.82, 2.24) is 15.3 Å². The summed E-state index contributed by atoms with van der Waals surface area (Å²) in [4.78, 5) is 31.1. The monoisotopic (exact) mass is 401 g/mol. The number of nitrogens with zero attached hydrogens (tertiary/aromatic N) is 1. The normalized spacial score (nSPS) is 14.0. The van der Waals surface area contributed by atoms with Crippen molar-refractivity contribution in [3.8, 4) is 5.75 Å². The molecule has 0 fully saturated rings. The highest BCUT2D eigenvalue weighted by atomic mass is 16.5. The third-order valence-corrected chi connectivity index (χ3v) is 5.19. The van der Waals surface area contributed by atoms with Gasteiger partial charge in [-0.25, -0.2) is 9.78 Å². The topological polar surface area (TPSA) is 97.2 Å². The van der Waals surface area contributed by atoms with Gasteiger partial charge in [0.05, 0.1) is 12.6 Å². The lowest BCUT2D eigenvalue weighted by atomic mass is 9.94. The summed E-state index contributed by atoms with van der Waals surface area (Å²) in [5, 5.41) is 3.08. The van der Waals surface area contributed by atoms with Crippen molar-refractivity contribution in [1.29, 1.82) is 0 Å². The number of nitrogens with one attached hydrogen (secondary N) is 2. The smallest absolute Gasteiger partial charge is 0.418 e. The minimum atomic E-state index is -0.603. The predicted molar refractivity (Wildman–Crippen MR) is 111 cm³/mol. The molecule has 1 aliphatic heterocycles. The summed E-state index contributed by atoms with van der Waals surface area (Å²) in [5.41, 5.74) is 3.82. The van der Waals surface area contributed by atoms with E-state index in [4.69, 9.17) is 9.15 Å². The summed E-state index contributed by atoms with van der Waals surface area (Å²) in [7, 11) is 0. The zero-order valence-corrected chi connectivity index (χ0v) is 16.1. The molecule has 5 rings (SSSR count). The molecular formula is C23H19N3O4. The van der Waals surface area contributed by atoms with Gasteiger partial charge in [0, 0.05) is 0 Å². The van der Waals surface area contributed by atoms with E-state index in [1.165, 1.54) is 6.07 Å². The molecule has 0 radical (unpaired) electrons. The molecule has 1 atom stereocenters. The van der Waals surface area contributed by atoms with Crippen LogP contribution in [0.4, 0.5) is 0 Å². The first kappa shape index (κ1) is 18.2. The second-order valence-corrected chi connectivity index (χ2v) is 7.19. The van der Waals surface area contributed by atoms with Crippen LogP contribution in [0.3, 0.4) is 0 Å². The van der Waals surface area contributed by atoms with Crippen LogP contribution in [0, 0.1) is 0 Å². The Kier molecular flexibility index (Phi) is 4.55. The average Bonchev–Trinajstić information content (AvgIpc) is 3.16. The highest BCUT2D eigenvalue weighted by Gasteiger charge is 2.21. The van der Waals surface area contributed by atoms with Crippen molar-refractivity contribution in [2.24, 2.45) is 0 Å². The number of H-pyrrole nitrogens is 1. The molecule has 2 aromatic heterocycles. The third-order valence-electron chi connectivity index (χ3n) is 5.19. The predicted octanol–water partition coefficient (Wildman–Crippen LogP) is 3.36. The Morgan fingerprint density at radius 2 is 1.93 bits per heavy atom. The molecule has 2 aromatic carbocycles. The first-order valence-electron chi connectivity index (χ1n) is 9.79. The highest BCUT2D eigenvalue weighted by molar-refractivity contribution is 5.94. The van der Waals surface area contributed by atoms with E-state index in [1.54, 1.807) is 6.07 Å². The molecule has 150 valence electrons. The quantitative estimate of drug-likeness (QED) is 0.547. The number of aromatic nitrogens is 2. The maximum Gasteiger partial charge on any atom is 0.418 e. The largest absolute Gasteiger partial charge is 0.493 e. The van der Waals surface area contributed by atoms with Crippen LogP contribution in [0.1, 0.15) is 39.6 Å². The number of aryl methyl sites for hydroxylation is 1. The number of pyridine rings is 1. The Bertz CT molecular complexity index is 1280. The Hall–Kier alpha value is -3.87. The van der Waals surface area contributed by atoms with Crippen LogP contribution in [0.2, 0.25) is 0 Å². The number of oxazole rings is 1. The van der Waals surface area contributed by atoms with Crippen molar-refractivity contribution < 1.29 is 13.9 Å². The number of benzene rings is 2. The summed E-state index contributed by atoms with van der Waals surface area (Å²) in [6.45, 7) is 0.732. The summed E-state index contributed by atoms with van der Waals surface area (Å²) in [5.74, 6) is -0.0468. The SMILES string of the molecule is O=C(NC(c1ccccc1)c1ccc2c(c1)CCCO2)c1ccc2oc(=O)[nH]c2n1. The number of fused-ring (bicyclic) bond motifs is 2. The number of aromatic amines is 1. The minimum Gasteiger partial charge on any atom is -0.493 e. The second kappa shape index (κ2) is 7.51. The molecule has 4 aromatic rings. The van der Waals surface area contributed by atoms with Crippen LogP contribution >= 0.6 is 0 Å². The summed E-state index contributed by atoms with van der Waals surface area (Å²) < 4.78 is 10.7. The molecular weight excluding hydrogens is 382 g/mol.